The standard InChI is InChI=1S/C12H18N2OS/c1-8(6-13-11-4-5-11)7-16-12-14-9(2)10(3)15-12/h11,13H,1,4-7H2,2-3H3. The zero-order valence-electron chi connectivity index (χ0n) is 9.88. The quantitative estimate of drug-likeness (QED) is 0.611. The molecule has 3 nitrogen and oxygen atoms in total. The van der Waals surface area contributed by atoms with Gasteiger partial charge in [-0.2, -0.15) is 0 Å². The van der Waals surface area contributed by atoms with Crippen molar-refractivity contribution in [2.24, 2.45) is 0 Å². The monoisotopic (exact) mass is 238 g/mol. The van der Waals surface area contributed by atoms with Gasteiger partial charge in [0.15, 0.2) is 0 Å². The van der Waals surface area contributed by atoms with Crippen LogP contribution in [0, 0.1) is 13.8 Å². The van der Waals surface area contributed by atoms with E-state index < -0.39 is 0 Å². The molecule has 1 aromatic rings. The third kappa shape index (κ3) is 3.39. The van der Waals surface area contributed by atoms with Crippen LogP contribution >= 0.6 is 11.8 Å². The molecule has 16 heavy (non-hydrogen) atoms. The van der Waals surface area contributed by atoms with E-state index in [0.29, 0.717) is 0 Å². The van der Waals surface area contributed by atoms with E-state index in [1.807, 2.05) is 13.8 Å². The van der Waals surface area contributed by atoms with Crippen LogP contribution in [0.1, 0.15) is 24.3 Å². The van der Waals surface area contributed by atoms with E-state index in [9.17, 15) is 0 Å². The highest BCUT2D eigenvalue weighted by Crippen LogP contribution is 2.22. The summed E-state index contributed by atoms with van der Waals surface area (Å²) < 4.78 is 5.49. The van der Waals surface area contributed by atoms with Crippen LogP contribution in [0.2, 0.25) is 0 Å². The number of thioether (sulfide) groups is 1. The predicted octanol–water partition coefficient (Wildman–Crippen LogP) is 2.69. The summed E-state index contributed by atoms with van der Waals surface area (Å²) in [6.07, 6.45) is 2.64. The van der Waals surface area contributed by atoms with E-state index in [4.69, 9.17) is 4.42 Å². The van der Waals surface area contributed by atoms with Gasteiger partial charge in [-0.05, 0) is 26.7 Å². The van der Waals surface area contributed by atoms with Crippen LogP contribution in [0.5, 0.6) is 0 Å². The average molecular weight is 238 g/mol. The maximum absolute atomic E-state index is 5.49. The molecular weight excluding hydrogens is 220 g/mol. The summed E-state index contributed by atoms with van der Waals surface area (Å²) in [5.74, 6) is 1.78. The van der Waals surface area contributed by atoms with E-state index in [-0.39, 0.29) is 0 Å². The number of nitrogens with one attached hydrogen (secondary N) is 1. The van der Waals surface area contributed by atoms with Crippen LogP contribution in [-0.2, 0) is 0 Å². The van der Waals surface area contributed by atoms with Gasteiger partial charge in [-0.25, -0.2) is 4.98 Å². The minimum absolute atomic E-state index is 0.743. The first-order chi connectivity index (χ1) is 7.65. The van der Waals surface area contributed by atoms with Gasteiger partial charge in [0.05, 0.1) is 5.69 Å². The molecule has 0 aromatic carbocycles. The van der Waals surface area contributed by atoms with Gasteiger partial charge in [-0.3, -0.25) is 0 Å². The van der Waals surface area contributed by atoms with E-state index >= 15 is 0 Å². The molecule has 0 saturated heterocycles. The molecule has 1 saturated carbocycles. The topological polar surface area (TPSA) is 38.1 Å². The third-order valence-electron chi connectivity index (χ3n) is 2.63. The lowest BCUT2D eigenvalue weighted by atomic mass is 10.3. The fraction of sp³-hybridized carbons (Fsp3) is 0.583. The molecule has 0 atom stereocenters. The summed E-state index contributed by atoms with van der Waals surface area (Å²) >= 11 is 1.62. The Morgan fingerprint density at radius 2 is 2.31 bits per heavy atom. The SMILES string of the molecule is C=C(CNC1CC1)CSc1nc(C)c(C)o1. The zero-order valence-corrected chi connectivity index (χ0v) is 10.7. The Hall–Kier alpha value is -0.740. The Morgan fingerprint density at radius 1 is 1.56 bits per heavy atom. The molecule has 1 heterocycles. The van der Waals surface area contributed by atoms with Crippen LogP contribution in [-0.4, -0.2) is 23.3 Å². The molecule has 1 aliphatic carbocycles. The first-order valence-corrected chi connectivity index (χ1v) is 6.60. The lowest BCUT2D eigenvalue weighted by Crippen LogP contribution is -2.19. The number of hydrogen-bond acceptors (Lipinski definition) is 4. The normalized spacial score (nSPS) is 15.4. The van der Waals surface area contributed by atoms with Crippen LogP contribution in [0.4, 0.5) is 0 Å². The molecule has 1 fully saturated rings. The van der Waals surface area contributed by atoms with Gasteiger partial charge in [-0.15, -0.1) is 0 Å². The molecule has 1 aromatic heterocycles. The van der Waals surface area contributed by atoms with Gasteiger partial charge in [0.2, 0.25) is 0 Å². The molecule has 1 N–H and O–H groups in total. The van der Waals surface area contributed by atoms with Gasteiger partial charge in [-0.1, -0.05) is 23.9 Å². The fourth-order valence-corrected chi connectivity index (χ4v) is 2.11. The number of aryl methyl sites for hydroxylation is 2. The summed E-state index contributed by atoms with van der Waals surface area (Å²) in [5, 5.41) is 4.20. The Kier molecular flexibility index (Phi) is 3.71. The van der Waals surface area contributed by atoms with E-state index in [0.717, 1.165) is 35.0 Å². The van der Waals surface area contributed by atoms with Crippen LogP contribution < -0.4 is 5.32 Å². The molecule has 0 aliphatic heterocycles. The fourth-order valence-electron chi connectivity index (χ4n) is 1.30. The summed E-state index contributed by atoms with van der Waals surface area (Å²) in [6, 6.07) is 0.743. The summed E-state index contributed by atoms with van der Waals surface area (Å²) in [4.78, 5) is 4.32. The highest BCUT2D eigenvalue weighted by molar-refractivity contribution is 7.99. The summed E-state index contributed by atoms with van der Waals surface area (Å²) in [7, 11) is 0. The number of hydrogen-bond donors (Lipinski definition) is 1. The second kappa shape index (κ2) is 5.06. The Bertz CT molecular complexity index is 363. The van der Waals surface area contributed by atoms with Crippen molar-refractivity contribution < 1.29 is 4.42 Å². The Labute approximate surface area is 101 Å². The van der Waals surface area contributed by atoms with Crippen molar-refractivity contribution in [2.45, 2.75) is 38.0 Å². The van der Waals surface area contributed by atoms with Crippen molar-refractivity contribution >= 4 is 11.8 Å². The van der Waals surface area contributed by atoms with Gasteiger partial charge in [0.25, 0.3) is 5.22 Å². The molecule has 0 unspecified atom stereocenters. The molecule has 2 rings (SSSR count). The first kappa shape index (κ1) is 11.7. The van der Waals surface area contributed by atoms with Gasteiger partial charge >= 0.3 is 0 Å². The van der Waals surface area contributed by atoms with Crippen molar-refractivity contribution in [1.29, 1.82) is 0 Å². The minimum Gasteiger partial charge on any atom is -0.437 e. The molecule has 88 valence electrons. The molecule has 0 amide bonds. The van der Waals surface area contributed by atoms with Gasteiger partial charge in [0.1, 0.15) is 5.76 Å². The first-order valence-electron chi connectivity index (χ1n) is 5.62. The predicted molar refractivity (Wildman–Crippen MR) is 66.9 cm³/mol. The lowest BCUT2D eigenvalue weighted by Gasteiger charge is -2.04. The van der Waals surface area contributed by atoms with Crippen molar-refractivity contribution in [3.8, 4) is 0 Å². The van der Waals surface area contributed by atoms with Gasteiger partial charge in [0, 0.05) is 18.3 Å². The Balaban J connectivity index is 1.71. The molecule has 0 spiro atoms. The average Bonchev–Trinajstić information content (AvgIpc) is 3.01. The van der Waals surface area contributed by atoms with E-state index in [2.05, 4.69) is 16.9 Å². The molecule has 4 heteroatoms. The number of nitrogens with zero attached hydrogens (tertiary/aromatic N) is 1. The van der Waals surface area contributed by atoms with E-state index in [1.165, 1.54) is 18.4 Å². The maximum Gasteiger partial charge on any atom is 0.256 e. The third-order valence-corrected chi connectivity index (χ3v) is 3.60. The summed E-state index contributed by atoms with van der Waals surface area (Å²) in [6.45, 7) is 8.86. The van der Waals surface area contributed by atoms with Crippen molar-refractivity contribution in [2.75, 3.05) is 12.3 Å². The molecule has 0 bridgehead atoms. The van der Waals surface area contributed by atoms with E-state index in [1.54, 1.807) is 11.8 Å². The minimum atomic E-state index is 0.743. The maximum atomic E-state index is 5.49. The number of aromatic nitrogens is 1. The highest BCUT2D eigenvalue weighted by atomic mass is 32.2. The van der Waals surface area contributed by atoms with Crippen LogP contribution in [0.25, 0.3) is 0 Å². The van der Waals surface area contributed by atoms with Crippen molar-refractivity contribution in [3.05, 3.63) is 23.6 Å². The highest BCUT2D eigenvalue weighted by Gasteiger charge is 2.20. The second-order valence-corrected chi connectivity index (χ2v) is 5.24. The second-order valence-electron chi connectivity index (χ2n) is 4.32. The van der Waals surface area contributed by atoms with Crippen molar-refractivity contribution in [3.63, 3.8) is 0 Å². The van der Waals surface area contributed by atoms with Crippen LogP contribution in [0.3, 0.4) is 0 Å². The molecule has 0 radical (unpaired) electrons. The smallest absolute Gasteiger partial charge is 0.256 e. The van der Waals surface area contributed by atoms with Gasteiger partial charge < -0.3 is 9.73 Å². The number of oxazole rings is 1. The van der Waals surface area contributed by atoms with Crippen LogP contribution in [0.15, 0.2) is 21.8 Å². The Morgan fingerprint density at radius 3 is 2.88 bits per heavy atom. The molecular formula is C12H18N2OS. The number of rotatable bonds is 6. The molecule has 1 aliphatic rings. The van der Waals surface area contributed by atoms with Crippen molar-refractivity contribution in [1.82, 2.24) is 10.3 Å². The largest absolute Gasteiger partial charge is 0.437 e. The lowest BCUT2D eigenvalue weighted by molar-refractivity contribution is 0.431. The summed E-state index contributed by atoms with van der Waals surface area (Å²) in [5.41, 5.74) is 2.18. The zero-order chi connectivity index (χ0) is 11.5.